The van der Waals surface area contributed by atoms with Gasteiger partial charge in [-0.3, -0.25) is 4.79 Å². The number of nitrogens with zero attached hydrogens (tertiary/aromatic N) is 3. The van der Waals surface area contributed by atoms with Crippen LogP contribution in [0.4, 0.5) is 11.4 Å². The van der Waals surface area contributed by atoms with Crippen molar-refractivity contribution in [3.63, 3.8) is 0 Å². The van der Waals surface area contributed by atoms with Gasteiger partial charge in [-0.2, -0.15) is 5.10 Å². The highest BCUT2D eigenvalue weighted by atomic mass is 16.5. The molecule has 1 aliphatic carbocycles. The van der Waals surface area contributed by atoms with Crippen LogP contribution in [0.3, 0.4) is 0 Å². The van der Waals surface area contributed by atoms with Crippen molar-refractivity contribution in [1.29, 1.82) is 0 Å². The van der Waals surface area contributed by atoms with Gasteiger partial charge in [-0.1, -0.05) is 6.42 Å². The summed E-state index contributed by atoms with van der Waals surface area (Å²) in [4.78, 5) is 15.5. The Bertz CT molecular complexity index is 1220. The molecule has 3 aliphatic rings. The topological polar surface area (TPSA) is 71.4 Å². The zero-order chi connectivity index (χ0) is 23.3. The third-order valence-corrected chi connectivity index (χ3v) is 7.87. The predicted molar refractivity (Wildman–Crippen MR) is 134 cm³/mol. The Labute approximate surface area is 200 Å². The summed E-state index contributed by atoms with van der Waals surface area (Å²) in [6.07, 6.45) is 6.95. The van der Waals surface area contributed by atoms with Crippen molar-refractivity contribution in [2.45, 2.75) is 43.6 Å². The van der Waals surface area contributed by atoms with Crippen molar-refractivity contribution < 1.29 is 9.53 Å². The molecule has 7 heteroatoms. The Kier molecular flexibility index (Phi) is 5.10. The van der Waals surface area contributed by atoms with Gasteiger partial charge >= 0.3 is 0 Å². The molecule has 0 bridgehead atoms. The third-order valence-electron chi connectivity index (χ3n) is 7.87. The lowest BCUT2D eigenvalue weighted by atomic mass is 9.65. The first-order valence-electron chi connectivity index (χ1n) is 12.2. The lowest BCUT2D eigenvalue weighted by Crippen LogP contribution is -2.40. The number of methoxy groups -OCH3 is 1. The fourth-order valence-corrected chi connectivity index (χ4v) is 5.62. The number of hydrogen-bond acceptors (Lipinski definition) is 5. The number of anilines is 2. The van der Waals surface area contributed by atoms with Crippen molar-refractivity contribution in [2.24, 2.45) is 0 Å². The molecular formula is C27H31N5O2. The molecule has 1 amide bonds. The van der Waals surface area contributed by atoms with Crippen LogP contribution >= 0.6 is 0 Å². The van der Waals surface area contributed by atoms with Gasteiger partial charge in [0.15, 0.2) is 0 Å². The standard InChI is InChI=1S/C27H31N5O2/c1-31-14-9-19(10-15-31)29-23-17-18(16-22-25(23)30-26(33)27(22)11-3-12-27)24-8-13-28-32(24)20-4-6-21(34-2)7-5-20/h4-8,13,16-17,19,29H,3,9-12,14-15H2,1-2H3,(H,30,33). The van der Waals surface area contributed by atoms with Crippen molar-refractivity contribution in [3.8, 4) is 22.7 Å². The van der Waals surface area contributed by atoms with Gasteiger partial charge in [0.05, 0.1) is 41.5 Å². The number of benzene rings is 2. The zero-order valence-corrected chi connectivity index (χ0v) is 19.8. The quantitative estimate of drug-likeness (QED) is 0.593. The van der Waals surface area contributed by atoms with E-state index in [0.29, 0.717) is 6.04 Å². The largest absolute Gasteiger partial charge is 0.497 e. The highest BCUT2D eigenvalue weighted by Gasteiger charge is 2.52. The summed E-state index contributed by atoms with van der Waals surface area (Å²) in [5.74, 6) is 0.970. The second-order valence-electron chi connectivity index (χ2n) is 9.88. The first-order valence-corrected chi connectivity index (χ1v) is 12.2. The van der Waals surface area contributed by atoms with Crippen LogP contribution in [-0.4, -0.2) is 53.9 Å². The first-order chi connectivity index (χ1) is 16.6. The number of aromatic nitrogens is 2. The lowest BCUT2D eigenvalue weighted by molar-refractivity contribution is -0.123. The van der Waals surface area contributed by atoms with Crippen molar-refractivity contribution in [1.82, 2.24) is 14.7 Å². The number of amides is 1. The Morgan fingerprint density at radius 1 is 1.12 bits per heavy atom. The smallest absolute Gasteiger partial charge is 0.235 e. The summed E-state index contributed by atoms with van der Waals surface area (Å²) in [5.41, 5.74) is 5.82. The van der Waals surface area contributed by atoms with Crippen molar-refractivity contribution in [2.75, 3.05) is 37.9 Å². The fourth-order valence-electron chi connectivity index (χ4n) is 5.62. The second-order valence-corrected chi connectivity index (χ2v) is 9.88. The molecule has 2 aromatic carbocycles. The summed E-state index contributed by atoms with van der Waals surface area (Å²) in [6.45, 7) is 2.17. The van der Waals surface area contributed by atoms with Crippen LogP contribution in [0.25, 0.3) is 16.9 Å². The number of carbonyl (C=O) groups excluding carboxylic acids is 1. The van der Waals surface area contributed by atoms with Crippen LogP contribution in [0.5, 0.6) is 5.75 Å². The van der Waals surface area contributed by atoms with Gasteiger partial charge < -0.3 is 20.3 Å². The molecular weight excluding hydrogens is 426 g/mol. The molecule has 1 spiro atoms. The summed E-state index contributed by atoms with van der Waals surface area (Å²) in [6, 6.07) is 14.8. The Hall–Kier alpha value is -3.32. The summed E-state index contributed by atoms with van der Waals surface area (Å²) in [7, 11) is 3.85. The molecule has 34 heavy (non-hydrogen) atoms. The van der Waals surface area contributed by atoms with Gasteiger partial charge in [0.25, 0.3) is 0 Å². The molecule has 0 radical (unpaired) electrons. The average molecular weight is 458 g/mol. The Morgan fingerprint density at radius 3 is 2.56 bits per heavy atom. The molecule has 2 aliphatic heterocycles. The SMILES string of the molecule is COc1ccc(-n2nccc2-c2cc(NC3CCN(C)CC3)c3c(c2)C2(CCC2)C(=O)N3)cc1. The molecule has 2 N–H and O–H groups in total. The van der Waals surface area contributed by atoms with E-state index in [0.717, 1.165) is 84.8 Å². The molecule has 3 aromatic rings. The molecule has 0 atom stereocenters. The van der Waals surface area contributed by atoms with Gasteiger partial charge in [-0.25, -0.2) is 4.68 Å². The normalized spacial score (nSPS) is 19.5. The number of rotatable bonds is 5. The van der Waals surface area contributed by atoms with Gasteiger partial charge in [0.1, 0.15) is 5.75 Å². The van der Waals surface area contributed by atoms with Crippen LogP contribution in [0.1, 0.15) is 37.7 Å². The van der Waals surface area contributed by atoms with Gasteiger partial charge in [-0.15, -0.1) is 0 Å². The first kappa shape index (κ1) is 21.2. The lowest BCUT2D eigenvalue weighted by Gasteiger charge is -2.36. The minimum absolute atomic E-state index is 0.154. The number of likely N-dealkylation sites (tertiary alicyclic amines) is 1. The van der Waals surface area contributed by atoms with Crippen LogP contribution in [0.2, 0.25) is 0 Å². The van der Waals surface area contributed by atoms with Crippen molar-refractivity contribution >= 4 is 17.3 Å². The van der Waals surface area contributed by atoms with Crippen LogP contribution in [-0.2, 0) is 10.2 Å². The van der Waals surface area contributed by atoms with Gasteiger partial charge in [0, 0.05) is 11.6 Å². The number of fused-ring (bicyclic) bond motifs is 2. The minimum Gasteiger partial charge on any atom is -0.497 e. The monoisotopic (exact) mass is 457 g/mol. The molecule has 1 aromatic heterocycles. The third kappa shape index (κ3) is 3.38. The van der Waals surface area contributed by atoms with Gasteiger partial charge in [-0.05, 0) is 93.8 Å². The predicted octanol–water partition coefficient (Wildman–Crippen LogP) is 4.43. The minimum atomic E-state index is -0.375. The highest BCUT2D eigenvalue weighted by molar-refractivity contribution is 6.10. The number of piperidine rings is 1. The number of hydrogen-bond donors (Lipinski definition) is 2. The van der Waals surface area contributed by atoms with Crippen molar-refractivity contribution in [3.05, 3.63) is 54.2 Å². The summed E-state index contributed by atoms with van der Waals surface area (Å²) in [5, 5.41) is 11.7. The average Bonchev–Trinajstić information content (AvgIpc) is 3.43. The van der Waals surface area contributed by atoms with E-state index in [4.69, 9.17) is 4.74 Å². The van der Waals surface area contributed by atoms with E-state index >= 15 is 0 Å². The van der Waals surface area contributed by atoms with E-state index in [1.807, 2.05) is 41.2 Å². The molecule has 1 saturated carbocycles. The van der Waals surface area contributed by atoms with Crippen LogP contribution < -0.4 is 15.4 Å². The molecule has 6 rings (SSSR count). The highest BCUT2D eigenvalue weighted by Crippen LogP contribution is 2.54. The van der Waals surface area contributed by atoms with E-state index in [1.165, 1.54) is 0 Å². The van der Waals surface area contributed by atoms with Crippen LogP contribution in [0, 0.1) is 0 Å². The van der Waals surface area contributed by atoms with E-state index in [1.54, 1.807) is 7.11 Å². The molecule has 0 unspecified atom stereocenters. The van der Waals surface area contributed by atoms with E-state index in [2.05, 4.69) is 39.8 Å². The maximum atomic E-state index is 13.1. The van der Waals surface area contributed by atoms with E-state index in [9.17, 15) is 4.79 Å². The molecule has 7 nitrogen and oxygen atoms in total. The Morgan fingerprint density at radius 2 is 1.88 bits per heavy atom. The second kappa shape index (κ2) is 8.17. The fraction of sp³-hybridized carbons (Fsp3) is 0.407. The maximum absolute atomic E-state index is 13.1. The van der Waals surface area contributed by atoms with E-state index < -0.39 is 0 Å². The molecule has 1 saturated heterocycles. The summed E-state index contributed by atoms with van der Waals surface area (Å²) < 4.78 is 7.27. The zero-order valence-electron chi connectivity index (χ0n) is 19.8. The number of carbonyl (C=O) groups is 1. The molecule has 176 valence electrons. The summed E-state index contributed by atoms with van der Waals surface area (Å²) >= 11 is 0. The van der Waals surface area contributed by atoms with E-state index in [-0.39, 0.29) is 11.3 Å². The number of ether oxygens (including phenoxy) is 1. The number of nitrogens with one attached hydrogen (secondary N) is 2. The molecule has 3 heterocycles. The Balaban J connectivity index is 1.43. The van der Waals surface area contributed by atoms with Crippen LogP contribution in [0.15, 0.2) is 48.7 Å². The molecule has 2 fully saturated rings. The maximum Gasteiger partial charge on any atom is 0.235 e. The van der Waals surface area contributed by atoms with Gasteiger partial charge in [0.2, 0.25) is 5.91 Å².